The van der Waals surface area contributed by atoms with E-state index in [1.54, 1.807) is 0 Å². The van der Waals surface area contributed by atoms with Gasteiger partial charge < -0.3 is 14.2 Å². The monoisotopic (exact) mass is 316 g/mol. The zero-order valence-corrected chi connectivity index (χ0v) is 13.9. The molecule has 124 valence electrons. The maximum absolute atomic E-state index is 5.93. The average Bonchev–Trinajstić information content (AvgIpc) is 2.87. The molecule has 23 heavy (non-hydrogen) atoms. The molecular formula is C17H24N4O2. The first-order valence-corrected chi connectivity index (χ1v) is 8.40. The molecule has 1 aliphatic rings. The van der Waals surface area contributed by atoms with Crippen LogP contribution in [0.2, 0.25) is 0 Å². The Morgan fingerprint density at radius 2 is 2.26 bits per heavy atom. The highest BCUT2D eigenvalue weighted by atomic mass is 16.5. The van der Waals surface area contributed by atoms with Crippen LogP contribution in [0.25, 0.3) is 11.5 Å². The first kappa shape index (κ1) is 15.9. The van der Waals surface area contributed by atoms with Gasteiger partial charge in [-0.3, -0.25) is 0 Å². The van der Waals surface area contributed by atoms with Gasteiger partial charge in [-0.2, -0.15) is 4.98 Å². The maximum Gasteiger partial charge on any atom is 0.261 e. The number of hydrogen-bond donors (Lipinski definition) is 0. The smallest absolute Gasteiger partial charge is 0.261 e. The first-order chi connectivity index (χ1) is 11.3. The lowest BCUT2D eigenvalue weighted by molar-refractivity contribution is 0.0461. The second-order valence-corrected chi connectivity index (χ2v) is 5.93. The molecule has 1 atom stereocenters. The van der Waals surface area contributed by atoms with Crippen LogP contribution in [-0.2, 0) is 4.74 Å². The van der Waals surface area contributed by atoms with Crippen LogP contribution in [0.3, 0.4) is 0 Å². The van der Waals surface area contributed by atoms with Gasteiger partial charge in [0.2, 0.25) is 0 Å². The fraction of sp³-hybridized carbons (Fsp3) is 0.588. The molecule has 0 amide bonds. The summed E-state index contributed by atoms with van der Waals surface area (Å²) in [7, 11) is 0. The summed E-state index contributed by atoms with van der Waals surface area (Å²) in [6.07, 6.45) is 6.49. The normalized spacial score (nSPS) is 18.9. The largest absolute Gasteiger partial charge is 0.378 e. The Bertz CT molecular complexity index is 629. The number of hydrogen-bond acceptors (Lipinski definition) is 6. The summed E-state index contributed by atoms with van der Waals surface area (Å²) in [6, 6.07) is 3.90. The van der Waals surface area contributed by atoms with E-state index in [-0.39, 0.29) is 0 Å². The van der Waals surface area contributed by atoms with Crippen LogP contribution in [0.1, 0.15) is 38.4 Å². The van der Waals surface area contributed by atoms with Crippen molar-refractivity contribution in [2.24, 2.45) is 0 Å². The zero-order valence-electron chi connectivity index (χ0n) is 13.9. The predicted octanol–water partition coefficient (Wildman–Crippen LogP) is 3.23. The van der Waals surface area contributed by atoms with Crippen LogP contribution in [0, 0.1) is 6.92 Å². The van der Waals surface area contributed by atoms with E-state index in [9.17, 15) is 0 Å². The van der Waals surface area contributed by atoms with Crippen molar-refractivity contribution in [1.29, 1.82) is 0 Å². The molecule has 0 N–H and O–H groups in total. The summed E-state index contributed by atoms with van der Waals surface area (Å²) < 4.78 is 11.3. The average molecular weight is 316 g/mol. The molecule has 3 rings (SSSR count). The van der Waals surface area contributed by atoms with E-state index in [1.807, 2.05) is 25.3 Å². The molecular weight excluding hydrogens is 292 g/mol. The van der Waals surface area contributed by atoms with Gasteiger partial charge in [-0.15, -0.1) is 0 Å². The van der Waals surface area contributed by atoms with E-state index >= 15 is 0 Å². The maximum atomic E-state index is 5.93. The van der Waals surface area contributed by atoms with Crippen LogP contribution >= 0.6 is 0 Å². The molecule has 0 aromatic carbocycles. The van der Waals surface area contributed by atoms with Crippen LogP contribution in [0.4, 0.5) is 5.82 Å². The molecule has 3 heterocycles. The topological polar surface area (TPSA) is 64.3 Å². The number of rotatable bonds is 5. The van der Waals surface area contributed by atoms with Gasteiger partial charge in [0, 0.05) is 25.9 Å². The van der Waals surface area contributed by atoms with E-state index < -0.39 is 0 Å². The van der Waals surface area contributed by atoms with E-state index in [1.165, 1.54) is 0 Å². The highest BCUT2D eigenvalue weighted by Gasteiger charge is 2.22. The molecule has 0 bridgehead atoms. The van der Waals surface area contributed by atoms with Crippen molar-refractivity contribution in [2.75, 3.05) is 24.6 Å². The Kier molecular flexibility index (Phi) is 5.23. The van der Waals surface area contributed by atoms with Crippen LogP contribution in [0.5, 0.6) is 0 Å². The Morgan fingerprint density at radius 3 is 3.04 bits per heavy atom. The van der Waals surface area contributed by atoms with Crippen LogP contribution in [-0.4, -0.2) is 40.9 Å². The third kappa shape index (κ3) is 3.88. The van der Waals surface area contributed by atoms with Gasteiger partial charge in [0.05, 0.1) is 11.7 Å². The van der Waals surface area contributed by atoms with Crippen LogP contribution in [0.15, 0.2) is 22.9 Å². The number of aryl methyl sites for hydroxylation is 1. The quantitative estimate of drug-likeness (QED) is 0.844. The minimum Gasteiger partial charge on any atom is -0.378 e. The van der Waals surface area contributed by atoms with Gasteiger partial charge in [0.25, 0.3) is 5.89 Å². The second kappa shape index (κ2) is 7.55. The van der Waals surface area contributed by atoms with Gasteiger partial charge >= 0.3 is 0 Å². The minimum absolute atomic E-state index is 0.359. The van der Waals surface area contributed by atoms with Crippen molar-refractivity contribution in [1.82, 2.24) is 15.1 Å². The SMILES string of the molecule is CCCOC1CCCN(c2ncccc2-c2nc(C)no2)CC1. The fourth-order valence-electron chi connectivity index (χ4n) is 2.95. The molecule has 0 spiro atoms. The van der Waals surface area contributed by atoms with Gasteiger partial charge in [0.15, 0.2) is 5.82 Å². The van der Waals surface area contributed by atoms with E-state index in [4.69, 9.17) is 9.26 Å². The Balaban J connectivity index is 1.77. The van der Waals surface area contributed by atoms with Crippen molar-refractivity contribution < 1.29 is 9.26 Å². The lowest BCUT2D eigenvalue weighted by Crippen LogP contribution is -2.26. The van der Waals surface area contributed by atoms with Gasteiger partial charge in [-0.25, -0.2) is 4.98 Å². The number of ether oxygens (including phenoxy) is 1. The zero-order chi connectivity index (χ0) is 16.1. The van der Waals surface area contributed by atoms with Crippen molar-refractivity contribution in [3.8, 4) is 11.5 Å². The molecule has 6 nitrogen and oxygen atoms in total. The molecule has 1 fully saturated rings. The Labute approximate surface area is 136 Å². The van der Waals surface area contributed by atoms with Crippen molar-refractivity contribution in [2.45, 2.75) is 45.6 Å². The summed E-state index contributed by atoms with van der Waals surface area (Å²) in [5.41, 5.74) is 0.904. The molecule has 1 unspecified atom stereocenters. The van der Waals surface area contributed by atoms with Crippen molar-refractivity contribution >= 4 is 5.82 Å². The number of anilines is 1. The standard InChI is InChI=1S/C17H24N4O2/c1-3-12-22-14-6-5-10-21(11-8-14)16-15(7-4-9-18-16)17-19-13(2)20-23-17/h4,7,9,14H,3,5-6,8,10-12H2,1-2H3. The molecule has 1 saturated heterocycles. The second-order valence-electron chi connectivity index (χ2n) is 5.93. The van der Waals surface area contributed by atoms with E-state index in [0.29, 0.717) is 17.8 Å². The number of nitrogens with zero attached hydrogens (tertiary/aromatic N) is 4. The molecule has 6 heteroatoms. The summed E-state index contributed by atoms with van der Waals surface area (Å²) >= 11 is 0. The van der Waals surface area contributed by atoms with E-state index in [0.717, 1.165) is 56.8 Å². The molecule has 1 aliphatic heterocycles. The highest BCUT2D eigenvalue weighted by molar-refractivity contribution is 5.69. The molecule has 0 aliphatic carbocycles. The Morgan fingerprint density at radius 1 is 1.35 bits per heavy atom. The predicted molar refractivity (Wildman–Crippen MR) is 88.4 cm³/mol. The molecule has 0 radical (unpaired) electrons. The van der Waals surface area contributed by atoms with Crippen molar-refractivity contribution in [3.05, 3.63) is 24.2 Å². The summed E-state index contributed by atoms with van der Waals surface area (Å²) in [4.78, 5) is 11.2. The van der Waals surface area contributed by atoms with Crippen LogP contribution < -0.4 is 4.90 Å². The minimum atomic E-state index is 0.359. The molecule has 0 saturated carbocycles. The van der Waals surface area contributed by atoms with Gasteiger partial charge in [0.1, 0.15) is 5.82 Å². The van der Waals surface area contributed by atoms with E-state index in [2.05, 4.69) is 26.9 Å². The lowest BCUT2D eigenvalue weighted by atomic mass is 10.1. The summed E-state index contributed by atoms with van der Waals surface area (Å²) in [5.74, 6) is 2.10. The Hall–Kier alpha value is -1.95. The molecule has 2 aromatic heterocycles. The van der Waals surface area contributed by atoms with Crippen molar-refractivity contribution in [3.63, 3.8) is 0 Å². The highest BCUT2D eigenvalue weighted by Crippen LogP contribution is 2.29. The lowest BCUT2D eigenvalue weighted by Gasteiger charge is -2.23. The fourth-order valence-corrected chi connectivity index (χ4v) is 2.95. The third-order valence-electron chi connectivity index (χ3n) is 4.08. The van der Waals surface area contributed by atoms with Gasteiger partial charge in [-0.1, -0.05) is 12.1 Å². The summed E-state index contributed by atoms with van der Waals surface area (Å²) in [6.45, 7) is 6.73. The summed E-state index contributed by atoms with van der Waals surface area (Å²) in [5, 5.41) is 3.89. The number of pyridine rings is 1. The number of aromatic nitrogens is 3. The third-order valence-corrected chi connectivity index (χ3v) is 4.08. The molecule has 2 aromatic rings. The first-order valence-electron chi connectivity index (χ1n) is 8.40. The van der Waals surface area contributed by atoms with Gasteiger partial charge in [-0.05, 0) is 44.7 Å².